The first-order chi connectivity index (χ1) is 8.43. The number of benzene rings is 1. The zero-order chi connectivity index (χ0) is 13.3. The van der Waals surface area contributed by atoms with Crippen LogP contribution in [0.4, 0.5) is 5.69 Å². The van der Waals surface area contributed by atoms with Gasteiger partial charge in [0.15, 0.2) is 0 Å². The predicted octanol–water partition coefficient (Wildman–Crippen LogP) is 1.15. The van der Waals surface area contributed by atoms with Crippen LogP contribution in [0, 0.1) is 0 Å². The molecule has 1 aromatic rings. The van der Waals surface area contributed by atoms with E-state index in [9.17, 15) is 10.2 Å². The lowest BCUT2D eigenvalue weighted by Gasteiger charge is -2.24. The highest BCUT2D eigenvalue weighted by molar-refractivity contribution is 5.81. The maximum Gasteiger partial charge on any atom is 0.140 e. The molecule has 1 unspecified atom stereocenters. The topological polar surface area (TPSA) is 102 Å². The fourth-order valence-corrected chi connectivity index (χ4v) is 1.92. The van der Waals surface area contributed by atoms with Crippen molar-refractivity contribution < 1.29 is 14.9 Å². The summed E-state index contributed by atoms with van der Waals surface area (Å²) in [5.41, 5.74) is 11.5. The minimum Gasteiger partial charge on any atom is -0.511 e. The predicted molar refractivity (Wildman–Crippen MR) is 69.8 cm³/mol. The van der Waals surface area contributed by atoms with E-state index in [4.69, 9.17) is 16.2 Å². The van der Waals surface area contributed by atoms with Gasteiger partial charge in [-0.25, -0.2) is 0 Å². The van der Waals surface area contributed by atoms with Crippen LogP contribution in [0.1, 0.15) is 12.0 Å². The van der Waals surface area contributed by atoms with Crippen LogP contribution in [0.3, 0.4) is 0 Å². The van der Waals surface area contributed by atoms with Gasteiger partial charge in [0.05, 0.1) is 13.5 Å². The molecule has 0 radical (unpaired) electrons. The molecule has 0 saturated heterocycles. The van der Waals surface area contributed by atoms with Gasteiger partial charge in [-0.15, -0.1) is 0 Å². The summed E-state index contributed by atoms with van der Waals surface area (Å²) in [5.74, 6) is 0.578. The highest BCUT2D eigenvalue weighted by atomic mass is 16.5. The van der Waals surface area contributed by atoms with Crippen LogP contribution in [0.25, 0.3) is 5.57 Å². The summed E-state index contributed by atoms with van der Waals surface area (Å²) in [6.45, 7) is 0. The fraction of sp³-hybridized carbons (Fsp3) is 0.231. The SMILES string of the molecule is COc1cc(N)ccc1C1=C(O)CC(N)(O)C=C1. The van der Waals surface area contributed by atoms with Crippen molar-refractivity contribution in [3.8, 4) is 5.75 Å². The molecule has 0 amide bonds. The van der Waals surface area contributed by atoms with Gasteiger partial charge in [0.2, 0.25) is 0 Å². The summed E-state index contributed by atoms with van der Waals surface area (Å²) >= 11 is 0. The Bertz CT molecular complexity index is 533. The van der Waals surface area contributed by atoms with E-state index in [0.717, 1.165) is 0 Å². The third-order valence-electron chi connectivity index (χ3n) is 2.82. The number of methoxy groups -OCH3 is 1. The molecule has 1 aromatic carbocycles. The molecule has 1 aliphatic carbocycles. The van der Waals surface area contributed by atoms with Crippen LogP contribution in [-0.4, -0.2) is 23.0 Å². The second kappa shape index (κ2) is 4.36. The van der Waals surface area contributed by atoms with Gasteiger partial charge in [0.25, 0.3) is 0 Å². The molecule has 96 valence electrons. The molecule has 0 spiro atoms. The molecule has 0 bridgehead atoms. The average molecular weight is 248 g/mol. The number of anilines is 1. The Kier molecular flexibility index (Phi) is 3.02. The number of rotatable bonds is 2. The van der Waals surface area contributed by atoms with Crippen molar-refractivity contribution in [3.05, 3.63) is 41.7 Å². The van der Waals surface area contributed by atoms with Gasteiger partial charge in [-0.2, -0.15) is 0 Å². The Morgan fingerprint density at radius 2 is 2.11 bits per heavy atom. The highest BCUT2D eigenvalue weighted by Gasteiger charge is 2.26. The van der Waals surface area contributed by atoms with Crippen molar-refractivity contribution in [3.63, 3.8) is 0 Å². The molecule has 0 aromatic heterocycles. The van der Waals surface area contributed by atoms with Gasteiger partial charge in [-0.05, 0) is 18.2 Å². The van der Waals surface area contributed by atoms with Gasteiger partial charge < -0.3 is 20.7 Å². The Morgan fingerprint density at radius 1 is 1.39 bits per heavy atom. The Hall–Kier alpha value is -1.98. The number of aliphatic hydroxyl groups excluding tert-OH is 1. The van der Waals surface area contributed by atoms with Crippen molar-refractivity contribution >= 4 is 11.3 Å². The molecule has 2 rings (SSSR count). The van der Waals surface area contributed by atoms with Crippen molar-refractivity contribution in [1.82, 2.24) is 0 Å². The average Bonchev–Trinajstić information content (AvgIpc) is 2.29. The minimum absolute atomic E-state index is 0.0190. The lowest BCUT2D eigenvalue weighted by atomic mass is 9.93. The molecule has 0 saturated carbocycles. The van der Waals surface area contributed by atoms with Crippen LogP contribution >= 0.6 is 0 Å². The molecule has 5 heteroatoms. The van der Waals surface area contributed by atoms with Gasteiger partial charge in [0, 0.05) is 22.9 Å². The molecule has 18 heavy (non-hydrogen) atoms. The first-order valence-corrected chi connectivity index (χ1v) is 5.49. The number of hydrogen-bond donors (Lipinski definition) is 4. The summed E-state index contributed by atoms with van der Waals surface area (Å²) in [7, 11) is 1.53. The molecule has 0 fully saturated rings. The van der Waals surface area contributed by atoms with Gasteiger partial charge in [-0.3, -0.25) is 5.73 Å². The third kappa shape index (κ3) is 2.32. The molecule has 1 atom stereocenters. The van der Waals surface area contributed by atoms with Crippen LogP contribution < -0.4 is 16.2 Å². The standard InChI is InChI=1S/C13H16N2O3/c1-18-12-6-8(14)2-3-10(12)9-4-5-13(15,17)7-11(9)16/h2-6,16-17H,7,14-15H2,1H3. The van der Waals surface area contributed by atoms with Gasteiger partial charge in [0.1, 0.15) is 17.2 Å². The number of aliphatic hydroxyl groups is 2. The molecular weight excluding hydrogens is 232 g/mol. The summed E-state index contributed by atoms with van der Waals surface area (Å²) in [6.07, 6.45) is 2.98. The van der Waals surface area contributed by atoms with Crippen LogP contribution in [0.15, 0.2) is 36.1 Å². The largest absolute Gasteiger partial charge is 0.511 e. The van der Waals surface area contributed by atoms with Crippen molar-refractivity contribution in [1.29, 1.82) is 0 Å². The first kappa shape index (κ1) is 12.5. The van der Waals surface area contributed by atoms with E-state index in [1.54, 1.807) is 24.3 Å². The highest BCUT2D eigenvalue weighted by Crippen LogP contribution is 2.34. The fourth-order valence-electron chi connectivity index (χ4n) is 1.92. The van der Waals surface area contributed by atoms with Crippen LogP contribution in [0.5, 0.6) is 5.75 Å². The van der Waals surface area contributed by atoms with E-state index >= 15 is 0 Å². The Balaban J connectivity index is 2.48. The maximum atomic E-state index is 9.95. The Morgan fingerprint density at radius 3 is 2.72 bits per heavy atom. The van der Waals surface area contributed by atoms with Crippen molar-refractivity contribution in [2.45, 2.75) is 12.1 Å². The zero-order valence-corrected chi connectivity index (χ0v) is 10.1. The van der Waals surface area contributed by atoms with E-state index < -0.39 is 5.72 Å². The van der Waals surface area contributed by atoms with E-state index in [1.165, 1.54) is 13.2 Å². The summed E-state index contributed by atoms with van der Waals surface area (Å²) in [6, 6.07) is 5.15. The van der Waals surface area contributed by atoms with Crippen molar-refractivity contribution in [2.75, 3.05) is 12.8 Å². The summed E-state index contributed by atoms with van der Waals surface area (Å²) in [5, 5.41) is 19.6. The monoisotopic (exact) mass is 248 g/mol. The number of nitrogens with two attached hydrogens (primary N) is 2. The molecule has 5 nitrogen and oxygen atoms in total. The molecule has 0 heterocycles. The van der Waals surface area contributed by atoms with Gasteiger partial charge >= 0.3 is 0 Å². The second-order valence-electron chi connectivity index (χ2n) is 4.32. The van der Waals surface area contributed by atoms with E-state index in [1.807, 2.05) is 0 Å². The molecular formula is C13H16N2O3. The third-order valence-corrected chi connectivity index (χ3v) is 2.82. The number of hydrogen-bond acceptors (Lipinski definition) is 5. The quantitative estimate of drug-likeness (QED) is 0.464. The van der Waals surface area contributed by atoms with E-state index in [2.05, 4.69) is 0 Å². The van der Waals surface area contributed by atoms with Crippen molar-refractivity contribution in [2.24, 2.45) is 5.73 Å². The normalized spacial score (nSPS) is 23.3. The number of allylic oxidation sites excluding steroid dienone is 2. The lowest BCUT2D eigenvalue weighted by molar-refractivity contribution is 0.0849. The summed E-state index contributed by atoms with van der Waals surface area (Å²) in [4.78, 5) is 0. The van der Waals surface area contributed by atoms with Crippen LogP contribution in [0.2, 0.25) is 0 Å². The maximum absolute atomic E-state index is 9.95. The number of ether oxygens (including phenoxy) is 1. The molecule has 6 N–H and O–H groups in total. The minimum atomic E-state index is -1.51. The second-order valence-corrected chi connectivity index (χ2v) is 4.32. The smallest absolute Gasteiger partial charge is 0.140 e. The first-order valence-electron chi connectivity index (χ1n) is 5.49. The van der Waals surface area contributed by atoms with Gasteiger partial charge in [-0.1, -0.05) is 6.08 Å². The lowest BCUT2D eigenvalue weighted by Crippen LogP contribution is -2.39. The molecule has 0 aliphatic heterocycles. The summed E-state index contributed by atoms with van der Waals surface area (Å²) < 4.78 is 5.23. The Labute approximate surface area is 105 Å². The van der Waals surface area contributed by atoms with E-state index in [-0.39, 0.29) is 12.2 Å². The zero-order valence-electron chi connectivity index (χ0n) is 10.1. The number of nitrogen functional groups attached to an aromatic ring is 1. The van der Waals surface area contributed by atoms with Crippen LogP contribution in [-0.2, 0) is 0 Å². The van der Waals surface area contributed by atoms with E-state index in [0.29, 0.717) is 22.6 Å². The molecule has 1 aliphatic rings.